The number of anilines is 1. The van der Waals surface area contributed by atoms with Crippen LogP contribution in [0.25, 0.3) is 0 Å². The van der Waals surface area contributed by atoms with Crippen LogP contribution in [0.5, 0.6) is 0 Å². The zero-order valence-electron chi connectivity index (χ0n) is 8.64. The molecule has 1 aliphatic heterocycles. The zero-order chi connectivity index (χ0) is 10.7. The standard InChI is InChI=1S/C8H15N5S2/c1-6-4-13(2-3-14-6)5-7-8(10-9)15-12-11-7/h6,10H,2-5,9H2,1H3. The van der Waals surface area contributed by atoms with Crippen LogP contribution in [0.1, 0.15) is 12.6 Å². The number of hydrazine groups is 1. The molecule has 1 atom stereocenters. The average Bonchev–Trinajstić information content (AvgIpc) is 2.65. The highest BCUT2D eigenvalue weighted by Gasteiger charge is 2.19. The van der Waals surface area contributed by atoms with Crippen molar-refractivity contribution < 1.29 is 0 Å². The Morgan fingerprint density at radius 3 is 3.27 bits per heavy atom. The largest absolute Gasteiger partial charge is 0.313 e. The average molecular weight is 245 g/mol. The fourth-order valence-electron chi connectivity index (χ4n) is 1.67. The highest BCUT2D eigenvalue weighted by Crippen LogP contribution is 2.22. The lowest BCUT2D eigenvalue weighted by Crippen LogP contribution is -2.36. The summed E-state index contributed by atoms with van der Waals surface area (Å²) in [5.74, 6) is 6.58. The molecule has 0 spiro atoms. The molecule has 0 bridgehead atoms. The van der Waals surface area contributed by atoms with E-state index in [0.717, 1.165) is 30.3 Å². The van der Waals surface area contributed by atoms with E-state index >= 15 is 0 Å². The molecule has 1 aromatic rings. The second-order valence-corrected chi connectivity index (χ2v) is 5.91. The summed E-state index contributed by atoms with van der Waals surface area (Å²) in [7, 11) is 0. The van der Waals surface area contributed by atoms with Crippen molar-refractivity contribution in [1.29, 1.82) is 0 Å². The minimum atomic E-state index is 0.708. The van der Waals surface area contributed by atoms with Gasteiger partial charge in [-0.05, 0) is 0 Å². The SMILES string of the molecule is CC1CN(Cc2nnsc2NN)CCS1. The van der Waals surface area contributed by atoms with Gasteiger partial charge in [0.25, 0.3) is 0 Å². The van der Waals surface area contributed by atoms with Gasteiger partial charge >= 0.3 is 0 Å². The Labute approximate surface area is 97.5 Å². The van der Waals surface area contributed by atoms with Gasteiger partial charge in [-0.3, -0.25) is 4.90 Å². The van der Waals surface area contributed by atoms with Gasteiger partial charge in [-0.25, -0.2) is 5.84 Å². The molecule has 0 radical (unpaired) electrons. The second kappa shape index (κ2) is 5.11. The molecule has 15 heavy (non-hydrogen) atoms. The number of hydrogen-bond acceptors (Lipinski definition) is 7. The summed E-state index contributed by atoms with van der Waals surface area (Å²) in [5.41, 5.74) is 3.60. The summed E-state index contributed by atoms with van der Waals surface area (Å²) in [6, 6.07) is 0. The minimum Gasteiger partial charge on any atom is -0.313 e. The number of nitrogens with zero attached hydrogens (tertiary/aromatic N) is 3. The second-order valence-electron chi connectivity index (χ2n) is 3.61. The predicted molar refractivity (Wildman–Crippen MR) is 64.9 cm³/mol. The summed E-state index contributed by atoms with van der Waals surface area (Å²) in [6.07, 6.45) is 0. The zero-order valence-corrected chi connectivity index (χ0v) is 10.3. The van der Waals surface area contributed by atoms with E-state index in [1.54, 1.807) is 0 Å². The van der Waals surface area contributed by atoms with Crippen LogP contribution in [0, 0.1) is 0 Å². The Hall–Kier alpha value is -0.370. The predicted octanol–water partition coefficient (Wildman–Crippen LogP) is 0.761. The van der Waals surface area contributed by atoms with Crippen molar-refractivity contribution in [3.8, 4) is 0 Å². The number of rotatable bonds is 3. The van der Waals surface area contributed by atoms with Gasteiger partial charge in [-0.1, -0.05) is 11.4 Å². The number of hydrogen-bond donors (Lipinski definition) is 2. The Balaban J connectivity index is 1.96. The van der Waals surface area contributed by atoms with Gasteiger partial charge in [-0.15, -0.1) is 5.10 Å². The Morgan fingerprint density at radius 1 is 1.67 bits per heavy atom. The molecule has 3 N–H and O–H groups in total. The van der Waals surface area contributed by atoms with Crippen LogP contribution in [-0.4, -0.2) is 38.6 Å². The van der Waals surface area contributed by atoms with Crippen LogP contribution < -0.4 is 11.3 Å². The number of aromatic nitrogens is 2. The Morgan fingerprint density at radius 2 is 2.53 bits per heavy atom. The van der Waals surface area contributed by atoms with Gasteiger partial charge in [0.15, 0.2) is 0 Å². The molecule has 1 aromatic heterocycles. The van der Waals surface area contributed by atoms with E-state index in [1.165, 1.54) is 17.3 Å². The molecule has 2 rings (SSSR count). The molecule has 0 aromatic carbocycles. The molecule has 1 unspecified atom stereocenters. The lowest BCUT2D eigenvalue weighted by Gasteiger charge is -2.29. The smallest absolute Gasteiger partial charge is 0.148 e. The van der Waals surface area contributed by atoms with E-state index in [2.05, 4.69) is 26.8 Å². The van der Waals surface area contributed by atoms with Crippen LogP contribution >= 0.6 is 23.3 Å². The molecule has 1 aliphatic rings. The van der Waals surface area contributed by atoms with E-state index in [9.17, 15) is 0 Å². The Kier molecular flexibility index (Phi) is 3.79. The number of nitrogens with one attached hydrogen (secondary N) is 1. The first-order chi connectivity index (χ1) is 7.29. The monoisotopic (exact) mass is 245 g/mol. The molecule has 1 fully saturated rings. The lowest BCUT2D eigenvalue weighted by atomic mass is 10.3. The first-order valence-electron chi connectivity index (χ1n) is 4.91. The topological polar surface area (TPSA) is 67.1 Å². The summed E-state index contributed by atoms with van der Waals surface area (Å²) in [6.45, 7) is 5.35. The van der Waals surface area contributed by atoms with Gasteiger partial charge in [-0.2, -0.15) is 11.8 Å². The van der Waals surface area contributed by atoms with Crippen molar-refractivity contribution in [3.63, 3.8) is 0 Å². The maximum absolute atomic E-state index is 5.39. The molecular formula is C8H15N5S2. The summed E-state index contributed by atoms with van der Waals surface area (Å²) >= 11 is 3.34. The van der Waals surface area contributed by atoms with Crippen LogP contribution in [0.4, 0.5) is 5.00 Å². The van der Waals surface area contributed by atoms with E-state index in [-0.39, 0.29) is 0 Å². The third-order valence-electron chi connectivity index (χ3n) is 2.39. The Bertz CT molecular complexity index is 316. The number of nitrogens with two attached hydrogens (primary N) is 1. The molecule has 0 aliphatic carbocycles. The first kappa shape index (κ1) is 11.1. The first-order valence-corrected chi connectivity index (χ1v) is 6.73. The van der Waals surface area contributed by atoms with E-state index < -0.39 is 0 Å². The van der Waals surface area contributed by atoms with Crippen molar-refractivity contribution in [2.75, 3.05) is 24.3 Å². The van der Waals surface area contributed by atoms with Crippen LogP contribution in [0.15, 0.2) is 0 Å². The van der Waals surface area contributed by atoms with Crippen LogP contribution in [0.2, 0.25) is 0 Å². The highest BCUT2D eigenvalue weighted by molar-refractivity contribution is 7.99. The van der Waals surface area contributed by atoms with E-state index in [1.807, 2.05) is 11.8 Å². The summed E-state index contributed by atoms with van der Waals surface area (Å²) in [5, 5.41) is 5.67. The van der Waals surface area contributed by atoms with E-state index in [4.69, 9.17) is 5.84 Å². The van der Waals surface area contributed by atoms with E-state index in [0.29, 0.717) is 5.25 Å². The molecule has 0 saturated carbocycles. The number of thioether (sulfide) groups is 1. The number of nitrogen functional groups attached to an aromatic ring is 1. The van der Waals surface area contributed by atoms with Gasteiger partial charge in [0.05, 0.1) is 0 Å². The minimum absolute atomic E-state index is 0.708. The molecule has 1 saturated heterocycles. The fourth-order valence-corrected chi connectivity index (χ4v) is 3.23. The fraction of sp³-hybridized carbons (Fsp3) is 0.750. The molecule has 2 heterocycles. The van der Waals surface area contributed by atoms with Crippen molar-refractivity contribution in [3.05, 3.63) is 5.69 Å². The van der Waals surface area contributed by atoms with Crippen molar-refractivity contribution >= 4 is 28.3 Å². The van der Waals surface area contributed by atoms with Crippen LogP contribution in [-0.2, 0) is 6.54 Å². The maximum atomic E-state index is 5.39. The third kappa shape index (κ3) is 2.81. The van der Waals surface area contributed by atoms with Gasteiger partial charge in [0, 0.05) is 42.2 Å². The molecule has 0 amide bonds. The van der Waals surface area contributed by atoms with Gasteiger partial charge in [0.1, 0.15) is 10.7 Å². The molecule has 7 heteroatoms. The third-order valence-corrected chi connectivity index (χ3v) is 4.22. The molecule has 5 nitrogen and oxygen atoms in total. The van der Waals surface area contributed by atoms with Crippen LogP contribution in [0.3, 0.4) is 0 Å². The van der Waals surface area contributed by atoms with Crippen molar-refractivity contribution in [2.24, 2.45) is 5.84 Å². The quantitative estimate of drug-likeness (QED) is 0.605. The van der Waals surface area contributed by atoms with Crippen molar-refractivity contribution in [1.82, 2.24) is 14.5 Å². The van der Waals surface area contributed by atoms with Gasteiger partial charge in [0.2, 0.25) is 0 Å². The summed E-state index contributed by atoms with van der Waals surface area (Å²) < 4.78 is 3.89. The lowest BCUT2D eigenvalue weighted by molar-refractivity contribution is 0.275. The maximum Gasteiger partial charge on any atom is 0.148 e. The van der Waals surface area contributed by atoms with Crippen molar-refractivity contribution in [2.45, 2.75) is 18.7 Å². The molecular weight excluding hydrogens is 230 g/mol. The molecule has 84 valence electrons. The summed E-state index contributed by atoms with van der Waals surface area (Å²) in [4.78, 5) is 2.40. The normalized spacial score (nSPS) is 22.9. The van der Waals surface area contributed by atoms with Gasteiger partial charge < -0.3 is 5.43 Å². The highest BCUT2D eigenvalue weighted by atomic mass is 32.2.